The molecule has 0 heterocycles. The van der Waals surface area contributed by atoms with Gasteiger partial charge in [0.1, 0.15) is 5.78 Å². The Hall–Kier alpha value is 0.774. The average molecular weight is 228 g/mol. The Morgan fingerprint density at radius 3 is 1.55 bits per heavy atom. The van der Waals surface area contributed by atoms with E-state index in [0.29, 0.717) is 5.78 Å². The molecule has 0 amide bonds. The van der Waals surface area contributed by atoms with Gasteiger partial charge in [0.25, 0.3) is 0 Å². The molecule has 1 radical (unpaired) electrons. The molecule has 1 fully saturated rings. The van der Waals surface area contributed by atoms with Crippen LogP contribution in [0.5, 0.6) is 0 Å². The molecule has 1 atom stereocenters. The molecule has 0 aromatic carbocycles. The summed E-state index contributed by atoms with van der Waals surface area (Å²) in [6.45, 7) is 10.0. The minimum Gasteiger partial charge on any atom is -0.302 e. The predicted octanol–water partition coefficient (Wildman–Crippen LogP) is 2.21. The summed E-state index contributed by atoms with van der Waals surface area (Å²) in [5.41, 5.74) is 0.0336. The minimum absolute atomic E-state index is 0. The zero-order chi connectivity index (χ0) is 8.15. The normalized spacial score (nSPS) is 34.3. The van der Waals surface area contributed by atoms with Gasteiger partial charge in [0.05, 0.1) is 0 Å². The van der Waals surface area contributed by atoms with Crippen molar-refractivity contribution in [1.82, 2.24) is 0 Å². The summed E-state index contributed by atoms with van der Waals surface area (Å²) in [5, 5.41) is 0. The van der Waals surface area contributed by atoms with Crippen LogP contribution in [0.1, 0.15) is 34.6 Å². The van der Waals surface area contributed by atoms with Gasteiger partial charge in [-0.25, -0.2) is 0 Å². The van der Waals surface area contributed by atoms with Crippen molar-refractivity contribution in [2.45, 2.75) is 34.6 Å². The van der Waals surface area contributed by atoms with Crippen molar-refractivity contribution in [3.8, 4) is 0 Å². The first-order chi connectivity index (χ1) is 4.35. The van der Waals surface area contributed by atoms with E-state index in [9.17, 15) is 4.79 Å². The zero-order valence-electron chi connectivity index (χ0n) is 7.99. The van der Waals surface area contributed by atoms with Crippen molar-refractivity contribution in [2.75, 3.05) is 0 Å². The topological polar surface area (TPSA) is 17.1 Å². The maximum Gasteiger partial charge on any atom is 0.104 e. The molecule has 1 nitrogen and oxygen atoms in total. The van der Waals surface area contributed by atoms with Crippen molar-refractivity contribution in [1.29, 1.82) is 0 Å². The van der Waals surface area contributed by atoms with Crippen LogP contribution in [0.3, 0.4) is 0 Å². The van der Waals surface area contributed by atoms with Crippen molar-refractivity contribution in [3.05, 3.63) is 5.92 Å². The van der Waals surface area contributed by atoms with E-state index >= 15 is 0 Å². The Balaban J connectivity index is 0.000001000. The predicted molar refractivity (Wildman–Crippen MR) is 41.5 cm³/mol. The number of carbonyl (C=O) groups excluding carboxylic acids is 1. The summed E-state index contributed by atoms with van der Waals surface area (Å²) in [4.78, 5) is 11.1. The van der Waals surface area contributed by atoms with Crippen LogP contribution >= 0.6 is 0 Å². The summed E-state index contributed by atoms with van der Waals surface area (Å²) >= 11 is 0. The summed E-state index contributed by atoms with van der Waals surface area (Å²) in [6, 6.07) is 0. The summed E-state index contributed by atoms with van der Waals surface area (Å²) in [7, 11) is 0. The van der Waals surface area contributed by atoms with E-state index in [-0.39, 0.29) is 43.5 Å². The van der Waals surface area contributed by atoms with Gasteiger partial charge >= 0.3 is 0 Å². The van der Waals surface area contributed by atoms with Gasteiger partial charge < -0.3 is 10.7 Å². The van der Waals surface area contributed by atoms with E-state index in [2.05, 4.69) is 20.8 Å². The number of ketones is 1. The third kappa shape index (κ3) is 1.25. The fourth-order valence-electron chi connectivity index (χ4n) is 1.80. The molecule has 0 aromatic rings. The van der Waals surface area contributed by atoms with E-state index in [1.165, 1.54) is 5.92 Å². The van der Waals surface area contributed by atoms with Crippen LogP contribution in [-0.2, 0) is 37.5 Å². The smallest absolute Gasteiger partial charge is 0.104 e. The Morgan fingerprint density at radius 2 is 1.55 bits per heavy atom. The first kappa shape index (κ1) is 11.8. The van der Waals surface area contributed by atoms with Crippen molar-refractivity contribution < 1.29 is 37.5 Å². The Morgan fingerprint density at radius 1 is 1.27 bits per heavy atom. The van der Waals surface area contributed by atoms with Crippen LogP contribution in [0.25, 0.3) is 0 Å². The molecule has 1 aliphatic carbocycles. The number of rotatable bonds is 1. The molecular weight excluding hydrogens is 213 g/mol. The van der Waals surface area contributed by atoms with Gasteiger partial charge in [-0.3, -0.25) is 0 Å². The molecule has 0 saturated heterocycles. The van der Waals surface area contributed by atoms with Gasteiger partial charge in [-0.2, -0.15) is 12.3 Å². The molecule has 1 rings (SSSR count). The van der Waals surface area contributed by atoms with Crippen molar-refractivity contribution in [2.24, 2.45) is 10.8 Å². The second-order valence-corrected chi connectivity index (χ2v) is 3.93. The van der Waals surface area contributed by atoms with Gasteiger partial charge in [-0.1, -0.05) is 20.8 Å². The fourth-order valence-corrected chi connectivity index (χ4v) is 1.80. The number of hydrogen-bond donors (Lipinski definition) is 0. The second kappa shape index (κ2) is 2.92. The molecule has 0 N–H and O–H groups in total. The summed E-state index contributed by atoms with van der Waals surface area (Å²) in [6.07, 6.45) is 0. The van der Waals surface area contributed by atoms with Gasteiger partial charge in [-0.15, -0.1) is 5.41 Å². The van der Waals surface area contributed by atoms with Gasteiger partial charge in [0.15, 0.2) is 0 Å². The van der Waals surface area contributed by atoms with E-state index in [0.717, 1.165) is 0 Å². The molecule has 0 spiro atoms. The molecule has 0 bridgehead atoms. The van der Waals surface area contributed by atoms with Crippen LogP contribution in [0.15, 0.2) is 0 Å². The van der Waals surface area contributed by atoms with Gasteiger partial charge in [0.2, 0.25) is 0 Å². The number of carbonyl (C=O) groups is 1. The quantitative estimate of drug-likeness (QED) is 0.629. The number of Topliss-reactive ketones (excluding diaryl/α,β-unsaturated/α-hetero) is 1. The minimum atomic E-state index is -0.118. The van der Waals surface area contributed by atoms with Crippen molar-refractivity contribution >= 4 is 5.78 Å². The zero-order valence-corrected chi connectivity index (χ0v) is 10.8. The van der Waals surface area contributed by atoms with Crippen LogP contribution in [0.4, 0.5) is 0 Å². The molecule has 1 aliphatic rings. The Kier molecular flexibility index (Phi) is 3.13. The first-order valence-electron chi connectivity index (χ1n) is 3.70. The molecule has 0 aromatic heterocycles. The Bertz CT molecular complexity index is 186. The molecular formula is C9H15OY-. The van der Waals surface area contributed by atoms with E-state index in [1.54, 1.807) is 6.92 Å². The summed E-state index contributed by atoms with van der Waals surface area (Å²) in [5.74, 6) is 1.63. The van der Waals surface area contributed by atoms with Crippen LogP contribution in [0, 0.1) is 16.7 Å². The largest absolute Gasteiger partial charge is 0.302 e. The van der Waals surface area contributed by atoms with E-state index < -0.39 is 0 Å². The van der Waals surface area contributed by atoms with Crippen LogP contribution < -0.4 is 0 Å². The molecule has 61 valence electrons. The monoisotopic (exact) mass is 228 g/mol. The molecule has 11 heavy (non-hydrogen) atoms. The van der Waals surface area contributed by atoms with Gasteiger partial charge in [0, 0.05) is 32.7 Å². The third-order valence-corrected chi connectivity index (χ3v) is 3.58. The second-order valence-electron chi connectivity index (χ2n) is 3.93. The molecule has 2 heteroatoms. The first-order valence-corrected chi connectivity index (χ1v) is 3.70. The van der Waals surface area contributed by atoms with Crippen molar-refractivity contribution in [3.63, 3.8) is 0 Å². The third-order valence-electron chi connectivity index (χ3n) is 3.58. The Labute approximate surface area is 94.2 Å². The van der Waals surface area contributed by atoms with E-state index in [4.69, 9.17) is 0 Å². The molecule has 0 aliphatic heterocycles. The molecule has 1 saturated carbocycles. The maximum absolute atomic E-state index is 11.1. The molecule has 0 unspecified atom stereocenters. The van der Waals surface area contributed by atoms with Crippen LogP contribution in [-0.4, -0.2) is 5.78 Å². The maximum atomic E-state index is 11.1. The summed E-state index contributed by atoms with van der Waals surface area (Å²) < 4.78 is 0. The van der Waals surface area contributed by atoms with Crippen LogP contribution in [0.2, 0.25) is 0 Å². The SMILES string of the molecule is CC(=O)[C@@]1(C)[C-](C)C1(C)C.[Y]. The standard InChI is InChI=1S/C9H15O.Y/c1-6-8(3,4)9(6,5)7(2)10;/h1-5H3;/q-1;/t9-;/m1./s1. The average Bonchev–Trinajstić information content (AvgIpc) is 2.16. The number of hydrogen-bond acceptors (Lipinski definition) is 1. The van der Waals surface area contributed by atoms with E-state index in [1.807, 2.05) is 6.92 Å². The van der Waals surface area contributed by atoms with Gasteiger partial charge in [-0.05, 0) is 6.92 Å². The fraction of sp³-hybridized carbons (Fsp3) is 0.778.